The third kappa shape index (κ3) is 3.25. The maximum Gasteiger partial charge on any atom is 0.270 e. The summed E-state index contributed by atoms with van der Waals surface area (Å²) in [7, 11) is 1.40. The van der Waals surface area contributed by atoms with Crippen LogP contribution < -0.4 is 10.1 Å². The Balaban J connectivity index is 2.24. The molecule has 2 aromatic rings. The minimum Gasteiger partial charge on any atom is -0.496 e. The van der Waals surface area contributed by atoms with Crippen molar-refractivity contribution in [2.45, 2.75) is 19.9 Å². The number of furan rings is 1. The molecule has 0 aliphatic rings. The zero-order valence-corrected chi connectivity index (χ0v) is 12.5. The van der Waals surface area contributed by atoms with E-state index in [1.807, 2.05) is 6.92 Å². The summed E-state index contributed by atoms with van der Waals surface area (Å²) < 4.78 is 10.5. The number of non-ortho nitro benzene ring substituents is 1. The van der Waals surface area contributed by atoms with Crippen LogP contribution in [0.2, 0.25) is 0 Å². The molecule has 1 N–H and O–H groups in total. The van der Waals surface area contributed by atoms with Crippen LogP contribution in [0.5, 0.6) is 5.75 Å². The second-order valence-corrected chi connectivity index (χ2v) is 4.79. The SMILES string of the molecule is COc1ccc([N+](=O)[O-])cc1C(=O)NC(C)c1ccc(C)o1. The first-order valence-corrected chi connectivity index (χ1v) is 6.62. The molecule has 7 nitrogen and oxygen atoms in total. The number of aryl methyl sites for hydroxylation is 1. The van der Waals surface area contributed by atoms with Crippen LogP contribution in [0.25, 0.3) is 0 Å². The Morgan fingerprint density at radius 1 is 1.36 bits per heavy atom. The molecule has 0 saturated heterocycles. The van der Waals surface area contributed by atoms with Crippen LogP contribution in [-0.2, 0) is 0 Å². The lowest BCUT2D eigenvalue weighted by atomic mass is 10.1. The average Bonchev–Trinajstić information content (AvgIpc) is 2.93. The van der Waals surface area contributed by atoms with Crippen molar-refractivity contribution in [3.05, 3.63) is 57.5 Å². The fourth-order valence-electron chi connectivity index (χ4n) is 2.02. The quantitative estimate of drug-likeness (QED) is 0.676. The van der Waals surface area contributed by atoms with E-state index in [1.54, 1.807) is 19.1 Å². The minimum atomic E-state index is -0.560. The molecule has 1 heterocycles. The first-order valence-electron chi connectivity index (χ1n) is 6.62. The molecule has 1 amide bonds. The topological polar surface area (TPSA) is 94.6 Å². The van der Waals surface area contributed by atoms with Gasteiger partial charge in [0.1, 0.15) is 17.3 Å². The predicted octanol–water partition coefficient (Wildman–Crippen LogP) is 3.00. The molecule has 0 aliphatic heterocycles. The number of rotatable bonds is 5. The fourth-order valence-corrected chi connectivity index (χ4v) is 2.02. The maximum atomic E-state index is 12.3. The highest BCUT2D eigenvalue weighted by Gasteiger charge is 2.20. The predicted molar refractivity (Wildman–Crippen MR) is 79.0 cm³/mol. The number of nitro groups is 1. The zero-order chi connectivity index (χ0) is 16.3. The smallest absolute Gasteiger partial charge is 0.270 e. The Morgan fingerprint density at radius 3 is 2.64 bits per heavy atom. The van der Waals surface area contributed by atoms with Gasteiger partial charge in [-0.3, -0.25) is 14.9 Å². The van der Waals surface area contributed by atoms with Gasteiger partial charge in [0.25, 0.3) is 11.6 Å². The van der Waals surface area contributed by atoms with Crippen LogP contribution in [0.15, 0.2) is 34.7 Å². The number of hydrogen-bond donors (Lipinski definition) is 1. The van der Waals surface area contributed by atoms with Crippen molar-refractivity contribution in [2.75, 3.05) is 7.11 Å². The van der Waals surface area contributed by atoms with Gasteiger partial charge in [-0.2, -0.15) is 0 Å². The number of hydrogen-bond acceptors (Lipinski definition) is 5. The van der Waals surface area contributed by atoms with Crippen molar-refractivity contribution in [3.63, 3.8) is 0 Å². The molecule has 0 spiro atoms. The summed E-state index contributed by atoms with van der Waals surface area (Å²) in [6.07, 6.45) is 0. The summed E-state index contributed by atoms with van der Waals surface area (Å²) in [5.41, 5.74) is -0.0701. The van der Waals surface area contributed by atoms with E-state index in [-0.39, 0.29) is 23.0 Å². The highest BCUT2D eigenvalue weighted by molar-refractivity contribution is 5.97. The summed E-state index contributed by atoms with van der Waals surface area (Å²) in [4.78, 5) is 22.6. The molecule has 1 aromatic carbocycles. The first-order chi connectivity index (χ1) is 10.4. The maximum absolute atomic E-state index is 12.3. The van der Waals surface area contributed by atoms with Crippen molar-refractivity contribution in [1.82, 2.24) is 5.32 Å². The molecule has 22 heavy (non-hydrogen) atoms. The lowest BCUT2D eigenvalue weighted by Crippen LogP contribution is -2.26. The number of nitrogens with one attached hydrogen (secondary N) is 1. The largest absolute Gasteiger partial charge is 0.496 e. The standard InChI is InChI=1S/C15H16N2O5/c1-9-4-6-13(22-9)10(2)16-15(18)12-8-11(17(19)20)5-7-14(12)21-3/h4-8,10H,1-3H3,(H,16,18). The molecule has 1 unspecified atom stereocenters. The van der Waals surface area contributed by atoms with Crippen molar-refractivity contribution in [2.24, 2.45) is 0 Å². The Hall–Kier alpha value is -2.83. The van der Waals surface area contributed by atoms with Crippen LogP contribution in [-0.4, -0.2) is 17.9 Å². The van der Waals surface area contributed by atoms with Crippen molar-refractivity contribution in [1.29, 1.82) is 0 Å². The van der Waals surface area contributed by atoms with Gasteiger partial charge in [0.2, 0.25) is 0 Å². The Bertz CT molecular complexity index is 708. The third-order valence-electron chi connectivity index (χ3n) is 3.17. The van der Waals surface area contributed by atoms with Gasteiger partial charge in [-0.25, -0.2) is 0 Å². The van der Waals surface area contributed by atoms with E-state index in [0.717, 1.165) is 5.76 Å². The zero-order valence-electron chi connectivity index (χ0n) is 12.5. The summed E-state index contributed by atoms with van der Waals surface area (Å²) in [6.45, 7) is 3.57. The van der Waals surface area contributed by atoms with Crippen LogP contribution in [0.1, 0.15) is 34.8 Å². The highest BCUT2D eigenvalue weighted by atomic mass is 16.6. The van der Waals surface area contributed by atoms with Gasteiger partial charge in [-0.05, 0) is 32.0 Å². The van der Waals surface area contributed by atoms with Gasteiger partial charge in [0, 0.05) is 12.1 Å². The third-order valence-corrected chi connectivity index (χ3v) is 3.17. The minimum absolute atomic E-state index is 0.104. The van der Waals surface area contributed by atoms with E-state index in [0.29, 0.717) is 5.76 Å². The van der Waals surface area contributed by atoms with Gasteiger partial charge in [-0.15, -0.1) is 0 Å². The molecule has 116 valence electrons. The number of benzene rings is 1. The van der Waals surface area contributed by atoms with E-state index in [9.17, 15) is 14.9 Å². The van der Waals surface area contributed by atoms with E-state index in [2.05, 4.69) is 5.32 Å². The second kappa shape index (κ2) is 6.30. The number of nitro benzene ring substituents is 1. The molecule has 0 radical (unpaired) electrons. The van der Waals surface area contributed by atoms with Crippen LogP contribution >= 0.6 is 0 Å². The van der Waals surface area contributed by atoms with Gasteiger partial charge < -0.3 is 14.5 Å². The Morgan fingerprint density at radius 2 is 2.09 bits per heavy atom. The van der Waals surface area contributed by atoms with Gasteiger partial charge in [0.15, 0.2) is 0 Å². The van der Waals surface area contributed by atoms with Gasteiger partial charge >= 0.3 is 0 Å². The Kier molecular flexibility index (Phi) is 4.45. The first kappa shape index (κ1) is 15.6. The molecule has 0 bridgehead atoms. The Labute approximate surface area is 127 Å². The monoisotopic (exact) mass is 304 g/mol. The fraction of sp³-hybridized carbons (Fsp3) is 0.267. The normalized spacial score (nSPS) is 11.8. The molecule has 1 atom stereocenters. The van der Waals surface area contributed by atoms with E-state index in [4.69, 9.17) is 9.15 Å². The molecule has 7 heteroatoms. The molecular formula is C15H16N2O5. The molecule has 0 saturated carbocycles. The lowest BCUT2D eigenvalue weighted by Gasteiger charge is -2.13. The lowest BCUT2D eigenvalue weighted by molar-refractivity contribution is -0.384. The summed E-state index contributed by atoms with van der Waals surface area (Å²) in [6, 6.07) is 7.07. The average molecular weight is 304 g/mol. The molecule has 0 aliphatic carbocycles. The summed E-state index contributed by atoms with van der Waals surface area (Å²) in [5, 5.41) is 13.6. The van der Waals surface area contributed by atoms with E-state index < -0.39 is 10.8 Å². The van der Waals surface area contributed by atoms with Gasteiger partial charge in [-0.1, -0.05) is 0 Å². The second-order valence-electron chi connectivity index (χ2n) is 4.79. The van der Waals surface area contributed by atoms with Crippen LogP contribution in [0, 0.1) is 17.0 Å². The van der Waals surface area contributed by atoms with E-state index >= 15 is 0 Å². The molecule has 0 fully saturated rings. The number of methoxy groups -OCH3 is 1. The molecular weight excluding hydrogens is 288 g/mol. The van der Waals surface area contributed by atoms with Crippen molar-refractivity contribution >= 4 is 11.6 Å². The molecule has 1 aromatic heterocycles. The highest BCUT2D eigenvalue weighted by Crippen LogP contribution is 2.25. The number of amides is 1. The van der Waals surface area contributed by atoms with E-state index in [1.165, 1.54) is 25.3 Å². The number of nitrogens with zero attached hydrogens (tertiary/aromatic N) is 1. The molecule has 2 rings (SSSR count). The van der Waals surface area contributed by atoms with Gasteiger partial charge in [0.05, 0.1) is 23.6 Å². The van der Waals surface area contributed by atoms with Crippen molar-refractivity contribution < 1.29 is 18.9 Å². The number of carbonyl (C=O) groups is 1. The summed E-state index contributed by atoms with van der Waals surface area (Å²) in [5.74, 6) is 1.15. The van der Waals surface area contributed by atoms with Crippen molar-refractivity contribution in [3.8, 4) is 5.75 Å². The van der Waals surface area contributed by atoms with Crippen LogP contribution in [0.3, 0.4) is 0 Å². The number of carbonyl (C=O) groups excluding carboxylic acids is 1. The van der Waals surface area contributed by atoms with Crippen LogP contribution in [0.4, 0.5) is 5.69 Å². The summed E-state index contributed by atoms with van der Waals surface area (Å²) >= 11 is 0. The number of ether oxygens (including phenoxy) is 1.